The first-order valence-electron chi connectivity index (χ1n) is 2.97. The average Bonchev–Trinajstić information content (AvgIpc) is 1.83. The lowest BCUT2D eigenvalue weighted by molar-refractivity contribution is -0.119. The fraction of sp³-hybridized carbons (Fsp3) is 0.833. The summed E-state index contributed by atoms with van der Waals surface area (Å²) in [5.74, 6) is 0.975. The number of nitrogens with one attached hydrogen (secondary N) is 1. The number of carbonyl (C=O) groups excluding carboxylic acids is 1. The summed E-state index contributed by atoms with van der Waals surface area (Å²) in [7, 11) is 0. The molecule has 1 atom stereocenters. The highest BCUT2D eigenvalue weighted by Crippen LogP contribution is 1.93. The Morgan fingerprint density at radius 3 is 2.67 bits per heavy atom. The molecule has 1 N–H and O–H groups in total. The van der Waals surface area contributed by atoms with Crippen molar-refractivity contribution in [3.63, 3.8) is 0 Å². The minimum absolute atomic E-state index is 0.00645. The third-order valence-corrected chi connectivity index (χ3v) is 1.49. The van der Waals surface area contributed by atoms with Gasteiger partial charge in [0.05, 0.1) is 0 Å². The van der Waals surface area contributed by atoms with E-state index in [9.17, 15) is 4.79 Å². The molecule has 0 spiro atoms. The zero-order valence-electron chi connectivity index (χ0n) is 5.78. The van der Waals surface area contributed by atoms with Gasteiger partial charge in [0.25, 0.3) is 0 Å². The van der Waals surface area contributed by atoms with E-state index < -0.39 is 0 Å². The fourth-order valence-electron chi connectivity index (χ4n) is 0.373. The van der Waals surface area contributed by atoms with E-state index in [-0.39, 0.29) is 5.91 Å². The van der Waals surface area contributed by atoms with Crippen molar-refractivity contribution in [2.45, 2.75) is 13.8 Å². The number of rotatable bonds is 3. The second-order valence-electron chi connectivity index (χ2n) is 2.20. The van der Waals surface area contributed by atoms with Gasteiger partial charge in [-0.1, -0.05) is 6.92 Å². The number of amides is 1. The first kappa shape index (κ1) is 8.76. The molecule has 0 saturated heterocycles. The van der Waals surface area contributed by atoms with E-state index in [4.69, 9.17) is 11.6 Å². The molecule has 0 heterocycles. The van der Waals surface area contributed by atoms with Crippen molar-refractivity contribution in [3.8, 4) is 0 Å². The molecule has 0 saturated carbocycles. The summed E-state index contributed by atoms with van der Waals surface area (Å²) in [4.78, 5) is 10.3. The summed E-state index contributed by atoms with van der Waals surface area (Å²) >= 11 is 5.48. The Morgan fingerprint density at radius 2 is 2.33 bits per heavy atom. The zero-order valence-corrected chi connectivity index (χ0v) is 6.53. The molecular weight excluding hydrogens is 138 g/mol. The average molecular weight is 150 g/mol. The monoisotopic (exact) mass is 149 g/mol. The lowest BCUT2D eigenvalue weighted by Crippen LogP contribution is -2.26. The minimum Gasteiger partial charge on any atom is -0.356 e. The summed E-state index contributed by atoms with van der Waals surface area (Å²) in [6.45, 7) is 4.17. The Balaban J connectivity index is 3.16. The van der Waals surface area contributed by atoms with E-state index in [1.807, 2.05) is 6.92 Å². The van der Waals surface area contributed by atoms with Crippen LogP contribution in [0.25, 0.3) is 0 Å². The van der Waals surface area contributed by atoms with Crippen LogP contribution in [0.4, 0.5) is 0 Å². The van der Waals surface area contributed by atoms with Crippen LogP contribution in [0.5, 0.6) is 0 Å². The van der Waals surface area contributed by atoms with Gasteiger partial charge in [-0.25, -0.2) is 0 Å². The topological polar surface area (TPSA) is 29.1 Å². The van der Waals surface area contributed by atoms with Gasteiger partial charge in [-0.3, -0.25) is 4.79 Å². The second-order valence-corrected chi connectivity index (χ2v) is 2.51. The number of hydrogen-bond acceptors (Lipinski definition) is 1. The Labute approximate surface area is 60.6 Å². The van der Waals surface area contributed by atoms with Gasteiger partial charge < -0.3 is 5.32 Å². The van der Waals surface area contributed by atoms with E-state index in [1.165, 1.54) is 6.92 Å². The predicted molar refractivity (Wildman–Crippen MR) is 38.6 cm³/mol. The smallest absolute Gasteiger partial charge is 0.216 e. The molecule has 2 nitrogen and oxygen atoms in total. The highest BCUT2D eigenvalue weighted by molar-refractivity contribution is 6.18. The van der Waals surface area contributed by atoms with E-state index in [1.54, 1.807) is 0 Å². The maximum atomic E-state index is 10.3. The molecule has 0 aliphatic rings. The van der Waals surface area contributed by atoms with Gasteiger partial charge in [-0.2, -0.15) is 0 Å². The Kier molecular flexibility index (Phi) is 4.50. The maximum Gasteiger partial charge on any atom is 0.216 e. The van der Waals surface area contributed by atoms with E-state index in [0.29, 0.717) is 18.3 Å². The number of halogens is 1. The quantitative estimate of drug-likeness (QED) is 0.596. The minimum atomic E-state index is 0.00645. The van der Waals surface area contributed by atoms with Gasteiger partial charge >= 0.3 is 0 Å². The van der Waals surface area contributed by atoms with Crippen molar-refractivity contribution in [1.82, 2.24) is 5.32 Å². The summed E-state index contributed by atoms with van der Waals surface area (Å²) < 4.78 is 0. The standard InChI is InChI=1S/C6H12ClNO/c1-5(3-7)4-8-6(2)9/h5H,3-4H2,1-2H3,(H,8,9)/t5-/m1/s1. The molecule has 0 aromatic carbocycles. The number of carbonyl (C=O) groups is 1. The lowest BCUT2D eigenvalue weighted by Gasteiger charge is -2.05. The van der Waals surface area contributed by atoms with Crippen molar-refractivity contribution in [1.29, 1.82) is 0 Å². The summed E-state index contributed by atoms with van der Waals surface area (Å²) in [6.07, 6.45) is 0. The van der Waals surface area contributed by atoms with Crippen LogP contribution in [0.3, 0.4) is 0 Å². The van der Waals surface area contributed by atoms with Gasteiger partial charge in [0.1, 0.15) is 0 Å². The third kappa shape index (κ3) is 5.63. The highest BCUT2D eigenvalue weighted by Gasteiger charge is 1.98. The molecule has 0 fully saturated rings. The van der Waals surface area contributed by atoms with Crippen molar-refractivity contribution < 1.29 is 4.79 Å². The molecule has 0 aromatic rings. The summed E-state index contributed by atoms with van der Waals surface area (Å²) in [5, 5.41) is 2.67. The van der Waals surface area contributed by atoms with Crippen LogP contribution < -0.4 is 5.32 Å². The largest absolute Gasteiger partial charge is 0.356 e. The Hall–Kier alpha value is -0.240. The molecule has 0 aliphatic heterocycles. The van der Waals surface area contributed by atoms with E-state index in [2.05, 4.69) is 5.32 Å². The third-order valence-electron chi connectivity index (χ3n) is 0.963. The van der Waals surface area contributed by atoms with E-state index >= 15 is 0 Å². The van der Waals surface area contributed by atoms with Crippen LogP contribution in [0.15, 0.2) is 0 Å². The Morgan fingerprint density at radius 1 is 1.78 bits per heavy atom. The zero-order chi connectivity index (χ0) is 7.28. The first-order chi connectivity index (χ1) is 4.16. The van der Waals surface area contributed by atoms with Gasteiger partial charge in [-0.05, 0) is 5.92 Å². The second kappa shape index (κ2) is 4.62. The van der Waals surface area contributed by atoms with Crippen molar-refractivity contribution in [2.24, 2.45) is 5.92 Å². The van der Waals surface area contributed by atoms with Crippen molar-refractivity contribution >= 4 is 17.5 Å². The molecule has 0 rings (SSSR count). The molecule has 54 valence electrons. The molecule has 0 aliphatic carbocycles. The van der Waals surface area contributed by atoms with Crippen molar-refractivity contribution in [3.05, 3.63) is 0 Å². The lowest BCUT2D eigenvalue weighted by atomic mass is 10.2. The molecule has 9 heavy (non-hydrogen) atoms. The fourth-order valence-corrected chi connectivity index (χ4v) is 0.482. The van der Waals surface area contributed by atoms with Crippen LogP contribution >= 0.6 is 11.6 Å². The van der Waals surface area contributed by atoms with Crippen molar-refractivity contribution in [2.75, 3.05) is 12.4 Å². The predicted octanol–water partition coefficient (Wildman–Crippen LogP) is 0.997. The molecule has 0 bridgehead atoms. The Bertz CT molecular complexity index is 95.1. The highest BCUT2D eigenvalue weighted by atomic mass is 35.5. The molecule has 0 aromatic heterocycles. The number of alkyl halides is 1. The first-order valence-corrected chi connectivity index (χ1v) is 3.50. The maximum absolute atomic E-state index is 10.3. The molecule has 0 radical (unpaired) electrons. The molecule has 1 amide bonds. The van der Waals surface area contributed by atoms with Crippen LogP contribution in [0.2, 0.25) is 0 Å². The van der Waals surface area contributed by atoms with Crippen LogP contribution in [-0.2, 0) is 4.79 Å². The number of hydrogen-bond donors (Lipinski definition) is 1. The molecule has 0 unspecified atom stereocenters. The summed E-state index contributed by atoms with van der Waals surface area (Å²) in [5.41, 5.74) is 0. The van der Waals surface area contributed by atoms with Gasteiger partial charge in [0.15, 0.2) is 0 Å². The summed E-state index contributed by atoms with van der Waals surface area (Å²) in [6, 6.07) is 0. The van der Waals surface area contributed by atoms with Gasteiger partial charge in [-0.15, -0.1) is 11.6 Å². The van der Waals surface area contributed by atoms with Gasteiger partial charge in [0.2, 0.25) is 5.91 Å². The molecule has 3 heteroatoms. The SMILES string of the molecule is CC(=O)NC[C@H](C)CCl. The van der Waals surface area contributed by atoms with Crippen LogP contribution in [-0.4, -0.2) is 18.3 Å². The van der Waals surface area contributed by atoms with E-state index in [0.717, 1.165) is 0 Å². The van der Waals surface area contributed by atoms with Crippen LogP contribution in [0, 0.1) is 5.92 Å². The normalized spacial score (nSPS) is 12.8. The van der Waals surface area contributed by atoms with Crippen LogP contribution in [0.1, 0.15) is 13.8 Å². The molecular formula is C6H12ClNO. The van der Waals surface area contributed by atoms with Gasteiger partial charge in [0, 0.05) is 19.3 Å².